The van der Waals surface area contributed by atoms with E-state index in [0.717, 1.165) is 35.8 Å². The lowest BCUT2D eigenvalue weighted by Gasteiger charge is -2.08. The average molecular weight is 250 g/mol. The van der Waals surface area contributed by atoms with Gasteiger partial charge in [0.1, 0.15) is 5.75 Å². The van der Waals surface area contributed by atoms with E-state index in [1.54, 1.807) is 7.11 Å². The number of hydrogen-bond donors (Lipinski definition) is 2. The molecule has 1 aromatic carbocycles. The maximum absolute atomic E-state index is 6.04. The molecule has 4 nitrogen and oxygen atoms in total. The van der Waals surface area contributed by atoms with Crippen LogP contribution in [0.15, 0.2) is 18.2 Å². The summed E-state index contributed by atoms with van der Waals surface area (Å²) in [4.78, 5) is 0. The quantitative estimate of drug-likeness (QED) is 0.860. The van der Waals surface area contributed by atoms with E-state index in [4.69, 9.17) is 16.3 Å². The number of halogens is 1. The normalized spacial score (nSPS) is 13.3. The van der Waals surface area contributed by atoms with Crippen LogP contribution in [0.3, 0.4) is 0 Å². The van der Waals surface area contributed by atoms with E-state index >= 15 is 0 Å². The number of H-pyrrole nitrogens is 1. The molecule has 2 heterocycles. The summed E-state index contributed by atoms with van der Waals surface area (Å²) in [5.74, 6) is 1.73. The van der Waals surface area contributed by atoms with Crippen molar-refractivity contribution in [3.8, 4) is 17.0 Å². The highest BCUT2D eigenvalue weighted by atomic mass is 35.5. The number of methoxy groups -OCH3 is 1. The van der Waals surface area contributed by atoms with Gasteiger partial charge in [0.05, 0.1) is 12.8 Å². The van der Waals surface area contributed by atoms with Crippen molar-refractivity contribution in [2.45, 2.75) is 6.42 Å². The summed E-state index contributed by atoms with van der Waals surface area (Å²) in [5.41, 5.74) is 3.15. The summed E-state index contributed by atoms with van der Waals surface area (Å²) in [7, 11) is 1.65. The van der Waals surface area contributed by atoms with Gasteiger partial charge in [-0.25, -0.2) is 0 Å². The molecule has 5 heteroatoms. The highest BCUT2D eigenvalue weighted by Gasteiger charge is 2.21. The lowest BCUT2D eigenvalue weighted by molar-refractivity contribution is 0.416. The second-order valence-corrected chi connectivity index (χ2v) is 4.38. The van der Waals surface area contributed by atoms with Crippen molar-refractivity contribution in [3.05, 3.63) is 28.8 Å². The van der Waals surface area contributed by atoms with Crippen molar-refractivity contribution in [2.24, 2.45) is 0 Å². The van der Waals surface area contributed by atoms with E-state index in [-0.39, 0.29) is 0 Å². The number of ether oxygens (including phenoxy) is 1. The summed E-state index contributed by atoms with van der Waals surface area (Å²) < 4.78 is 5.36. The fourth-order valence-corrected chi connectivity index (χ4v) is 2.33. The number of rotatable bonds is 2. The minimum Gasteiger partial charge on any atom is -0.496 e. The molecular formula is C12H12ClN3O. The SMILES string of the molecule is COc1ccc(Cl)cc1-c1[nH]nc2c1CCN2. The summed E-state index contributed by atoms with van der Waals surface area (Å²) in [5, 5.41) is 11.2. The van der Waals surface area contributed by atoms with E-state index in [1.807, 2.05) is 18.2 Å². The molecule has 3 rings (SSSR count). The molecular weight excluding hydrogens is 238 g/mol. The third kappa shape index (κ3) is 1.65. The third-order valence-electron chi connectivity index (χ3n) is 2.97. The van der Waals surface area contributed by atoms with E-state index in [2.05, 4.69) is 15.5 Å². The van der Waals surface area contributed by atoms with Gasteiger partial charge in [-0.05, 0) is 24.6 Å². The predicted molar refractivity (Wildman–Crippen MR) is 67.8 cm³/mol. The van der Waals surface area contributed by atoms with Crippen LogP contribution in [0.2, 0.25) is 5.02 Å². The van der Waals surface area contributed by atoms with Crippen molar-refractivity contribution in [1.82, 2.24) is 10.2 Å². The van der Waals surface area contributed by atoms with Crippen molar-refractivity contribution in [1.29, 1.82) is 0 Å². The van der Waals surface area contributed by atoms with E-state index < -0.39 is 0 Å². The lowest BCUT2D eigenvalue weighted by atomic mass is 10.1. The zero-order chi connectivity index (χ0) is 11.8. The number of hydrogen-bond acceptors (Lipinski definition) is 3. The van der Waals surface area contributed by atoms with Gasteiger partial charge >= 0.3 is 0 Å². The molecule has 0 amide bonds. The fourth-order valence-electron chi connectivity index (χ4n) is 2.16. The Kier molecular flexibility index (Phi) is 2.44. The molecule has 0 spiro atoms. The maximum atomic E-state index is 6.04. The van der Waals surface area contributed by atoms with E-state index in [9.17, 15) is 0 Å². The maximum Gasteiger partial charge on any atom is 0.151 e. The van der Waals surface area contributed by atoms with Crippen LogP contribution in [-0.4, -0.2) is 23.9 Å². The largest absolute Gasteiger partial charge is 0.496 e. The van der Waals surface area contributed by atoms with Gasteiger partial charge in [0.25, 0.3) is 0 Å². The Morgan fingerprint density at radius 1 is 1.41 bits per heavy atom. The number of benzene rings is 1. The highest BCUT2D eigenvalue weighted by molar-refractivity contribution is 6.31. The smallest absolute Gasteiger partial charge is 0.151 e. The summed E-state index contributed by atoms with van der Waals surface area (Å²) >= 11 is 6.04. The van der Waals surface area contributed by atoms with Crippen LogP contribution < -0.4 is 10.1 Å². The molecule has 0 radical (unpaired) electrons. The molecule has 2 aromatic rings. The first-order chi connectivity index (χ1) is 8.29. The summed E-state index contributed by atoms with van der Waals surface area (Å²) in [6.07, 6.45) is 0.969. The summed E-state index contributed by atoms with van der Waals surface area (Å²) in [6, 6.07) is 5.58. The zero-order valence-electron chi connectivity index (χ0n) is 9.38. The van der Waals surface area contributed by atoms with Crippen molar-refractivity contribution < 1.29 is 4.74 Å². The molecule has 88 valence electrons. The molecule has 2 N–H and O–H groups in total. The fraction of sp³-hybridized carbons (Fsp3) is 0.250. The average Bonchev–Trinajstić information content (AvgIpc) is 2.90. The lowest BCUT2D eigenvalue weighted by Crippen LogP contribution is -1.95. The van der Waals surface area contributed by atoms with Crippen LogP contribution in [0.5, 0.6) is 5.75 Å². The number of fused-ring (bicyclic) bond motifs is 1. The van der Waals surface area contributed by atoms with Crippen LogP contribution in [-0.2, 0) is 6.42 Å². The monoisotopic (exact) mass is 249 g/mol. The van der Waals surface area contributed by atoms with Gasteiger partial charge in [0.15, 0.2) is 5.82 Å². The van der Waals surface area contributed by atoms with E-state index in [1.165, 1.54) is 5.56 Å². The van der Waals surface area contributed by atoms with Crippen molar-refractivity contribution >= 4 is 17.4 Å². The van der Waals surface area contributed by atoms with Gasteiger partial charge < -0.3 is 10.1 Å². The minimum atomic E-state index is 0.690. The molecule has 0 saturated heterocycles. The number of anilines is 1. The zero-order valence-corrected chi connectivity index (χ0v) is 10.1. The molecule has 0 unspecified atom stereocenters. The first kappa shape index (κ1) is 10.5. The number of aromatic amines is 1. The Labute approximate surface area is 104 Å². The van der Waals surface area contributed by atoms with Crippen LogP contribution in [0.4, 0.5) is 5.82 Å². The van der Waals surface area contributed by atoms with Gasteiger partial charge in [0, 0.05) is 22.7 Å². The Morgan fingerprint density at radius 2 is 2.29 bits per heavy atom. The topological polar surface area (TPSA) is 49.9 Å². The summed E-state index contributed by atoms with van der Waals surface area (Å²) in [6.45, 7) is 0.933. The highest BCUT2D eigenvalue weighted by Crippen LogP contribution is 2.37. The first-order valence-corrected chi connectivity index (χ1v) is 5.82. The van der Waals surface area contributed by atoms with Crippen LogP contribution >= 0.6 is 11.6 Å². The van der Waals surface area contributed by atoms with Crippen molar-refractivity contribution in [3.63, 3.8) is 0 Å². The van der Waals surface area contributed by atoms with Gasteiger partial charge in [-0.3, -0.25) is 5.10 Å². The Morgan fingerprint density at radius 3 is 3.12 bits per heavy atom. The second-order valence-electron chi connectivity index (χ2n) is 3.95. The van der Waals surface area contributed by atoms with Gasteiger partial charge in [-0.15, -0.1) is 0 Å². The molecule has 0 saturated carbocycles. The molecule has 1 aromatic heterocycles. The van der Waals surface area contributed by atoms with Gasteiger partial charge in [0.2, 0.25) is 0 Å². The van der Waals surface area contributed by atoms with Crippen LogP contribution in [0.1, 0.15) is 5.56 Å². The van der Waals surface area contributed by atoms with E-state index in [0.29, 0.717) is 5.02 Å². The minimum absolute atomic E-state index is 0.690. The molecule has 0 fully saturated rings. The predicted octanol–water partition coefficient (Wildman–Crippen LogP) is 2.71. The van der Waals surface area contributed by atoms with Gasteiger partial charge in [-0.2, -0.15) is 5.10 Å². The Bertz CT molecular complexity index is 565. The van der Waals surface area contributed by atoms with Crippen molar-refractivity contribution in [2.75, 3.05) is 19.0 Å². The van der Waals surface area contributed by atoms with Crippen LogP contribution in [0, 0.1) is 0 Å². The number of aromatic nitrogens is 2. The first-order valence-electron chi connectivity index (χ1n) is 5.44. The molecule has 0 aliphatic carbocycles. The van der Waals surface area contributed by atoms with Gasteiger partial charge in [-0.1, -0.05) is 11.6 Å². The molecule has 1 aliphatic rings. The molecule has 17 heavy (non-hydrogen) atoms. The third-order valence-corrected chi connectivity index (χ3v) is 3.20. The standard InChI is InChI=1S/C12H12ClN3O/c1-17-10-3-2-7(13)6-9(10)11-8-4-5-14-12(8)16-15-11/h2-3,6H,4-5H2,1H3,(H2,14,15,16). The number of nitrogens with zero attached hydrogens (tertiary/aromatic N) is 1. The second kappa shape index (κ2) is 3.96. The number of nitrogens with one attached hydrogen (secondary N) is 2. The Hall–Kier alpha value is -1.68. The molecule has 0 bridgehead atoms. The Balaban J connectivity index is 2.17. The van der Waals surface area contributed by atoms with Crippen LogP contribution in [0.25, 0.3) is 11.3 Å². The molecule has 0 atom stereocenters. The molecule has 1 aliphatic heterocycles.